The molecule has 0 aromatic heterocycles. The third-order valence-corrected chi connectivity index (χ3v) is 6.89. The van der Waals surface area contributed by atoms with E-state index in [0.29, 0.717) is 20.0 Å². The first kappa shape index (κ1) is 29.9. The summed E-state index contributed by atoms with van der Waals surface area (Å²) in [4.78, 5) is 0. The van der Waals surface area contributed by atoms with Gasteiger partial charge in [-0.2, -0.15) is 0 Å². The van der Waals surface area contributed by atoms with Gasteiger partial charge in [0.15, 0.2) is 0 Å². The smallest absolute Gasteiger partial charge is 0.147 e. The second-order valence-corrected chi connectivity index (χ2v) is 10.2. The van der Waals surface area contributed by atoms with Crippen molar-refractivity contribution in [1.82, 2.24) is 0 Å². The van der Waals surface area contributed by atoms with E-state index in [1.54, 1.807) is 0 Å². The van der Waals surface area contributed by atoms with Crippen molar-refractivity contribution in [1.29, 1.82) is 0 Å². The van der Waals surface area contributed by atoms with Gasteiger partial charge in [-0.25, -0.2) is 0 Å². The fourth-order valence-corrected chi connectivity index (χ4v) is 3.97. The van der Waals surface area contributed by atoms with Gasteiger partial charge in [0.1, 0.15) is 29.8 Å². The van der Waals surface area contributed by atoms with E-state index in [0.717, 1.165) is 43.1 Å². The monoisotopic (exact) mass is 645 g/mol. The Kier molecular flexibility index (Phi) is 12.3. The highest BCUT2D eigenvalue weighted by atomic mass is 79.9. The summed E-state index contributed by atoms with van der Waals surface area (Å²) in [5, 5.41) is 9.16. The van der Waals surface area contributed by atoms with Crippen LogP contribution in [0.4, 0.5) is 0 Å². The number of aliphatic hydroxyl groups excluding tert-OH is 1. The molecule has 202 valence electrons. The van der Waals surface area contributed by atoms with Crippen LogP contribution in [0, 0.1) is 13.8 Å². The van der Waals surface area contributed by atoms with Crippen molar-refractivity contribution in [3.05, 3.63) is 116 Å². The Morgan fingerprint density at radius 2 is 1.08 bits per heavy atom. The molecule has 4 rings (SSSR count). The summed E-state index contributed by atoms with van der Waals surface area (Å²) in [5.74, 6) is 3.13. The Morgan fingerprint density at radius 1 is 0.632 bits per heavy atom. The van der Waals surface area contributed by atoms with E-state index in [1.165, 1.54) is 11.1 Å². The summed E-state index contributed by atoms with van der Waals surface area (Å²) in [6, 6.07) is 27.2. The van der Waals surface area contributed by atoms with Crippen LogP contribution >= 0.6 is 31.9 Å². The van der Waals surface area contributed by atoms with Crippen molar-refractivity contribution >= 4 is 31.9 Å². The molecular weight excluding hydrogens is 612 g/mol. The average Bonchev–Trinajstić information content (AvgIpc) is 2.92. The number of hydrogen-bond donors (Lipinski definition) is 1. The number of hydrogen-bond acceptors (Lipinski definition) is 5. The highest BCUT2D eigenvalue weighted by Crippen LogP contribution is 2.28. The molecule has 0 spiro atoms. The molecule has 0 unspecified atom stereocenters. The lowest BCUT2D eigenvalue weighted by Gasteiger charge is -2.10. The van der Waals surface area contributed by atoms with Gasteiger partial charge in [0.05, 0.1) is 13.2 Å². The van der Waals surface area contributed by atoms with Crippen LogP contribution < -0.4 is 9.47 Å². The number of aryl methyl sites for hydroxylation is 2. The van der Waals surface area contributed by atoms with Gasteiger partial charge in [-0.1, -0.05) is 67.3 Å². The molecule has 7 heteroatoms. The lowest BCUT2D eigenvalue weighted by Crippen LogP contribution is -2.00. The Balaban J connectivity index is 0.000000272. The number of aliphatic hydroxyl groups is 1. The zero-order valence-electron chi connectivity index (χ0n) is 21.7. The van der Waals surface area contributed by atoms with Gasteiger partial charge in [-0.05, 0) is 92.6 Å². The summed E-state index contributed by atoms with van der Waals surface area (Å²) in [6.45, 7) is 7.45. The van der Waals surface area contributed by atoms with E-state index in [9.17, 15) is 0 Å². The van der Waals surface area contributed by atoms with E-state index in [4.69, 9.17) is 24.1 Å². The molecule has 0 aliphatic heterocycles. The van der Waals surface area contributed by atoms with Crippen molar-refractivity contribution in [2.24, 2.45) is 0 Å². The predicted molar refractivity (Wildman–Crippen MR) is 160 cm³/mol. The van der Waals surface area contributed by atoms with Crippen LogP contribution in [-0.4, -0.2) is 18.5 Å². The third kappa shape index (κ3) is 9.89. The summed E-state index contributed by atoms with van der Waals surface area (Å²) in [5.41, 5.74) is 4.25. The van der Waals surface area contributed by atoms with Gasteiger partial charge in [0.25, 0.3) is 0 Å². The minimum absolute atomic E-state index is 0. The Hall–Kier alpha value is -2.68. The number of ether oxygens (including phenoxy) is 4. The largest absolute Gasteiger partial charge is 0.457 e. The van der Waals surface area contributed by atoms with Gasteiger partial charge in [0.2, 0.25) is 0 Å². The molecule has 0 heterocycles. The van der Waals surface area contributed by atoms with E-state index in [1.807, 2.05) is 98.8 Å². The molecule has 1 N–H and O–H groups in total. The van der Waals surface area contributed by atoms with Crippen molar-refractivity contribution in [2.45, 2.75) is 34.0 Å². The Morgan fingerprint density at radius 3 is 1.55 bits per heavy atom. The minimum atomic E-state index is -0.00825. The predicted octanol–water partition coefficient (Wildman–Crippen LogP) is 9.35. The van der Waals surface area contributed by atoms with E-state index in [2.05, 4.69) is 38.8 Å². The molecule has 0 fully saturated rings. The van der Waals surface area contributed by atoms with Crippen LogP contribution in [-0.2, 0) is 22.7 Å². The first-order chi connectivity index (χ1) is 18.4. The minimum Gasteiger partial charge on any atom is -0.457 e. The van der Waals surface area contributed by atoms with Crippen LogP contribution in [0.1, 0.15) is 30.6 Å². The SMILES string of the molecule is CCOCOCc1cc(Oc2ccc(C)cc2)ccc1Br.Cc1ccc(Oc2ccc(Br)c(CO)c2)cc1.[2HH]. The third-order valence-electron chi connectivity index (χ3n) is 5.35. The molecule has 0 amide bonds. The molecule has 4 aromatic rings. The van der Waals surface area contributed by atoms with E-state index in [-0.39, 0.29) is 8.03 Å². The van der Waals surface area contributed by atoms with Crippen molar-refractivity contribution < 1.29 is 25.5 Å². The summed E-state index contributed by atoms with van der Waals surface area (Å²) < 4.78 is 24.0. The molecule has 0 saturated carbocycles. The first-order valence-electron chi connectivity index (χ1n) is 12.2. The van der Waals surface area contributed by atoms with Crippen molar-refractivity contribution in [3.63, 3.8) is 0 Å². The number of benzene rings is 4. The lowest BCUT2D eigenvalue weighted by molar-refractivity contribution is -0.0573. The number of halogens is 2. The van der Waals surface area contributed by atoms with Crippen LogP contribution in [0.15, 0.2) is 93.9 Å². The second kappa shape index (κ2) is 15.7. The molecule has 0 aliphatic rings. The molecule has 0 bridgehead atoms. The normalized spacial score (nSPS) is 10.5. The zero-order chi connectivity index (χ0) is 27.3. The van der Waals surface area contributed by atoms with Gasteiger partial charge in [0, 0.05) is 17.0 Å². The molecule has 0 atom stereocenters. The Labute approximate surface area is 243 Å². The van der Waals surface area contributed by atoms with Crippen LogP contribution in [0.2, 0.25) is 0 Å². The molecule has 38 heavy (non-hydrogen) atoms. The molecule has 0 radical (unpaired) electrons. The molecule has 5 nitrogen and oxygen atoms in total. The molecular formula is C31H34Br2O5. The van der Waals surface area contributed by atoms with E-state index >= 15 is 0 Å². The fraction of sp³-hybridized carbons (Fsp3) is 0.226. The standard InChI is InChI=1S/C17H19BrO3.C14H13BrO2.H2/c1-3-19-12-20-11-14-10-16(8-9-17(14)18)21-15-6-4-13(2)5-7-15;1-10-2-4-12(5-3-10)17-13-6-7-14(15)11(8-13)9-16;/h4-10H,3,11-12H2,1-2H3;2-8,16H,9H2,1H3;1H/i;;1+1. The van der Waals surface area contributed by atoms with E-state index < -0.39 is 0 Å². The van der Waals surface area contributed by atoms with Crippen LogP contribution in [0.5, 0.6) is 23.0 Å². The van der Waals surface area contributed by atoms with Gasteiger partial charge < -0.3 is 24.1 Å². The highest BCUT2D eigenvalue weighted by Gasteiger charge is 2.05. The molecule has 0 saturated heterocycles. The van der Waals surface area contributed by atoms with Gasteiger partial charge in [-0.15, -0.1) is 0 Å². The number of rotatable bonds is 10. The maximum absolute atomic E-state index is 9.16. The Bertz CT molecular complexity index is 1280. The maximum Gasteiger partial charge on any atom is 0.147 e. The highest BCUT2D eigenvalue weighted by molar-refractivity contribution is 9.10. The maximum atomic E-state index is 9.16. The first-order valence-corrected chi connectivity index (χ1v) is 13.8. The summed E-state index contributed by atoms with van der Waals surface area (Å²) >= 11 is 6.89. The summed E-state index contributed by atoms with van der Waals surface area (Å²) in [7, 11) is 0. The zero-order valence-corrected chi connectivity index (χ0v) is 24.9. The van der Waals surface area contributed by atoms with Crippen LogP contribution in [0.3, 0.4) is 0 Å². The average molecular weight is 647 g/mol. The molecule has 0 aliphatic carbocycles. The van der Waals surface area contributed by atoms with Gasteiger partial charge in [-0.3, -0.25) is 0 Å². The van der Waals surface area contributed by atoms with Crippen molar-refractivity contribution in [2.75, 3.05) is 13.4 Å². The van der Waals surface area contributed by atoms with Gasteiger partial charge >= 0.3 is 0 Å². The summed E-state index contributed by atoms with van der Waals surface area (Å²) in [6.07, 6.45) is 0. The van der Waals surface area contributed by atoms with Crippen LogP contribution in [0.25, 0.3) is 0 Å². The second-order valence-electron chi connectivity index (χ2n) is 8.45. The topological polar surface area (TPSA) is 57.2 Å². The lowest BCUT2D eigenvalue weighted by atomic mass is 10.2. The van der Waals surface area contributed by atoms with Crippen molar-refractivity contribution in [3.8, 4) is 23.0 Å². The fourth-order valence-electron chi connectivity index (χ4n) is 3.24. The quantitative estimate of drug-likeness (QED) is 0.137. The molecule has 4 aromatic carbocycles.